The lowest BCUT2D eigenvalue weighted by atomic mass is 10.2. The molecule has 9 heteroatoms. The Labute approximate surface area is 120 Å². The first-order chi connectivity index (χ1) is 9.71. The molecule has 0 aliphatic carbocycles. The number of amides is 1. The second-order valence-corrected chi connectivity index (χ2v) is 4.59. The van der Waals surface area contributed by atoms with E-state index in [1.54, 1.807) is 6.20 Å². The first-order valence-electron chi connectivity index (χ1n) is 5.33. The molecule has 3 N–H and O–H groups in total. The number of nitrogens with zero attached hydrogens (tertiary/aromatic N) is 1. The number of hydrogen-bond donors (Lipinski definition) is 2. The quantitative estimate of drug-likeness (QED) is 0.890. The maximum absolute atomic E-state index is 10.8. The van der Waals surface area contributed by atoms with Crippen molar-refractivity contribution in [3.05, 3.63) is 41.5 Å². The average molecular weight is 318 g/mol. The standard InChI is InChI=1S/C10H8N2OS.C2HF3O2/c11-9(13)10-12-6-8(14-10)7-4-2-1-3-5-7;3-2(4,5)1(6)7/h1-6H,(H2,11,13);(H,6,7). The number of carbonyl (C=O) groups is 2. The SMILES string of the molecule is NC(=O)c1ncc(-c2ccccc2)s1.O=C(O)C(F)(F)F. The van der Waals surface area contributed by atoms with Crippen molar-refractivity contribution in [3.63, 3.8) is 0 Å². The highest BCUT2D eigenvalue weighted by atomic mass is 32.1. The fraction of sp³-hybridized carbons (Fsp3) is 0.0833. The molecule has 1 aromatic heterocycles. The van der Waals surface area contributed by atoms with E-state index in [0.29, 0.717) is 5.01 Å². The Morgan fingerprint density at radius 3 is 2.10 bits per heavy atom. The van der Waals surface area contributed by atoms with Gasteiger partial charge in [-0.05, 0) is 5.56 Å². The van der Waals surface area contributed by atoms with Gasteiger partial charge in [-0.3, -0.25) is 4.79 Å². The number of benzene rings is 1. The number of alkyl halides is 3. The van der Waals surface area contributed by atoms with Crippen molar-refractivity contribution < 1.29 is 27.9 Å². The molecule has 0 bridgehead atoms. The molecule has 0 radical (unpaired) electrons. The summed E-state index contributed by atoms with van der Waals surface area (Å²) in [6.07, 6.45) is -3.42. The third-order valence-electron chi connectivity index (χ3n) is 2.02. The molecule has 1 heterocycles. The summed E-state index contributed by atoms with van der Waals surface area (Å²) in [5, 5.41) is 7.48. The van der Waals surface area contributed by atoms with Crippen molar-refractivity contribution in [2.24, 2.45) is 5.73 Å². The zero-order chi connectivity index (χ0) is 16.0. The predicted octanol–water partition coefficient (Wildman–Crippen LogP) is 2.54. The third kappa shape index (κ3) is 5.22. The Hall–Kier alpha value is -2.42. The molecular formula is C12H9F3N2O3S. The molecule has 2 rings (SSSR count). The molecule has 0 spiro atoms. The molecule has 1 amide bonds. The van der Waals surface area contributed by atoms with E-state index in [9.17, 15) is 18.0 Å². The second kappa shape index (κ2) is 6.84. The van der Waals surface area contributed by atoms with E-state index >= 15 is 0 Å². The summed E-state index contributed by atoms with van der Waals surface area (Å²) < 4.78 is 31.7. The van der Waals surface area contributed by atoms with Crippen LogP contribution in [0.5, 0.6) is 0 Å². The molecule has 0 aliphatic rings. The highest BCUT2D eigenvalue weighted by molar-refractivity contribution is 7.16. The number of hydrogen-bond acceptors (Lipinski definition) is 4. The van der Waals surface area contributed by atoms with Gasteiger partial charge < -0.3 is 10.8 Å². The summed E-state index contributed by atoms with van der Waals surface area (Å²) in [6, 6.07) is 9.77. The molecular weight excluding hydrogens is 309 g/mol. The molecule has 0 aliphatic heterocycles. The van der Waals surface area contributed by atoms with Crippen LogP contribution in [0.15, 0.2) is 36.5 Å². The highest BCUT2D eigenvalue weighted by Crippen LogP contribution is 2.25. The fourth-order valence-electron chi connectivity index (χ4n) is 1.12. The van der Waals surface area contributed by atoms with E-state index in [-0.39, 0.29) is 0 Å². The van der Waals surface area contributed by atoms with Gasteiger partial charge in [-0.15, -0.1) is 11.3 Å². The Bertz CT molecular complexity index is 626. The Balaban J connectivity index is 0.000000270. The van der Waals surface area contributed by atoms with Crippen molar-refractivity contribution in [1.29, 1.82) is 0 Å². The number of primary amides is 1. The lowest BCUT2D eigenvalue weighted by molar-refractivity contribution is -0.192. The monoisotopic (exact) mass is 318 g/mol. The third-order valence-corrected chi connectivity index (χ3v) is 3.08. The van der Waals surface area contributed by atoms with Crippen LogP contribution >= 0.6 is 11.3 Å². The van der Waals surface area contributed by atoms with Crippen LogP contribution in [0.1, 0.15) is 9.80 Å². The lowest BCUT2D eigenvalue weighted by Crippen LogP contribution is -2.21. The highest BCUT2D eigenvalue weighted by Gasteiger charge is 2.38. The number of carbonyl (C=O) groups excluding carboxylic acids is 1. The summed E-state index contributed by atoms with van der Waals surface area (Å²) in [4.78, 5) is 24.6. The van der Waals surface area contributed by atoms with Crippen molar-refractivity contribution in [1.82, 2.24) is 4.98 Å². The molecule has 0 saturated carbocycles. The van der Waals surface area contributed by atoms with Crippen LogP contribution in [0.3, 0.4) is 0 Å². The van der Waals surface area contributed by atoms with Gasteiger partial charge in [0.25, 0.3) is 5.91 Å². The van der Waals surface area contributed by atoms with Crippen LogP contribution in [-0.2, 0) is 4.79 Å². The number of nitrogens with two attached hydrogens (primary N) is 1. The van der Waals surface area contributed by atoms with Crippen LogP contribution in [0.25, 0.3) is 10.4 Å². The molecule has 0 fully saturated rings. The van der Waals surface area contributed by atoms with Gasteiger partial charge in [0.15, 0.2) is 5.01 Å². The summed E-state index contributed by atoms with van der Waals surface area (Å²) >= 11 is 1.31. The van der Waals surface area contributed by atoms with E-state index in [1.807, 2.05) is 30.3 Å². The second-order valence-electron chi connectivity index (χ2n) is 3.56. The van der Waals surface area contributed by atoms with Crippen molar-refractivity contribution in [3.8, 4) is 10.4 Å². The Kier molecular flexibility index (Phi) is 5.42. The molecule has 0 saturated heterocycles. The molecule has 0 atom stereocenters. The fourth-order valence-corrected chi connectivity index (χ4v) is 1.90. The number of aromatic nitrogens is 1. The van der Waals surface area contributed by atoms with E-state index < -0.39 is 18.1 Å². The maximum Gasteiger partial charge on any atom is 0.490 e. The van der Waals surface area contributed by atoms with Crippen LogP contribution < -0.4 is 5.73 Å². The Morgan fingerprint density at radius 2 is 1.71 bits per heavy atom. The minimum absolute atomic E-state index is 0.351. The zero-order valence-electron chi connectivity index (χ0n) is 10.3. The minimum atomic E-state index is -5.08. The molecule has 5 nitrogen and oxygen atoms in total. The van der Waals surface area contributed by atoms with E-state index in [2.05, 4.69) is 4.98 Å². The summed E-state index contributed by atoms with van der Waals surface area (Å²) in [5.41, 5.74) is 6.17. The molecule has 112 valence electrons. The molecule has 21 heavy (non-hydrogen) atoms. The first-order valence-corrected chi connectivity index (χ1v) is 6.14. The van der Waals surface area contributed by atoms with Crippen molar-refractivity contribution in [2.45, 2.75) is 6.18 Å². The zero-order valence-corrected chi connectivity index (χ0v) is 11.1. The van der Waals surface area contributed by atoms with Gasteiger partial charge in [0.2, 0.25) is 0 Å². The van der Waals surface area contributed by atoms with E-state index in [4.69, 9.17) is 15.6 Å². The number of thiazole rings is 1. The lowest BCUT2D eigenvalue weighted by Gasteiger charge is -1.93. The van der Waals surface area contributed by atoms with Crippen molar-refractivity contribution >= 4 is 23.2 Å². The number of halogens is 3. The van der Waals surface area contributed by atoms with E-state index in [1.165, 1.54) is 11.3 Å². The van der Waals surface area contributed by atoms with Crippen LogP contribution in [0.2, 0.25) is 0 Å². The van der Waals surface area contributed by atoms with Gasteiger partial charge in [0.05, 0.1) is 4.88 Å². The average Bonchev–Trinajstić information content (AvgIpc) is 2.89. The van der Waals surface area contributed by atoms with Crippen LogP contribution in [-0.4, -0.2) is 28.1 Å². The largest absolute Gasteiger partial charge is 0.490 e. The van der Waals surface area contributed by atoms with Crippen LogP contribution in [0, 0.1) is 0 Å². The molecule has 2 aromatic rings. The topological polar surface area (TPSA) is 93.3 Å². The summed E-state index contributed by atoms with van der Waals surface area (Å²) in [7, 11) is 0. The smallest absolute Gasteiger partial charge is 0.475 e. The maximum atomic E-state index is 10.8. The van der Waals surface area contributed by atoms with E-state index in [0.717, 1.165) is 10.4 Å². The molecule has 0 unspecified atom stereocenters. The molecule has 1 aromatic carbocycles. The minimum Gasteiger partial charge on any atom is -0.475 e. The first kappa shape index (κ1) is 16.6. The normalized spacial score (nSPS) is 10.4. The van der Waals surface area contributed by atoms with Gasteiger partial charge >= 0.3 is 12.1 Å². The Morgan fingerprint density at radius 1 is 1.19 bits per heavy atom. The van der Waals surface area contributed by atoms with Gasteiger partial charge in [0.1, 0.15) is 0 Å². The number of rotatable bonds is 2. The summed E-state index contributed by atoms with van der Waals surface area (Å²) in [5.74, 6) is -3.23. The number of aliphatic carboxylic acids is 1. The van der Waals surface area contributed by atoms with Gasteiger partial charge in [-0.1, -0.05) is 30.3 Å². The van der Waals surface area contributed by atoms with Gasteiger partial charge in [0, 0.05) is 6.20 Å². The van der Waals surface area contributed by atoms with Gasteiger partial charge in [-0.2, -0.15) is 13.2 Å². The van der Waals surface area contributed by atoms with Crippen molar-refractivity contribution in [2.75, 3.05) is 0 Å². The number of carboxylic acid groups (broad SMARTS) is 1. The number of carboxylic acids is 1. The summed E-state index contributed by atoms with van der Waals surface area (Å²) in [6.45, 7) is 0. The van der Waals surface area contributed by atoms with Gasteiger partial charge in [-0.25, -0.2) is 9.78 Å². The van der Waals surface area contributed by atoms with Crippen LogP contribution in [0.4, 0.5) is 13.2 Å². The predicted molar refractivity (Wildman–Crippen MR) is 69.8 cm³/mol.